The van der Waals surface area contributed by atoms with Crippen molar-refractivity contribution in [3.05, 3.63) is 77.4 Å². The molecule has 1 saturated heterocycles. The van der Waals surface area contributed by atoms with Crippen LogP contribution in [0.1, 0.15) is 21.5 Å². The molecular weight excluding hydrogens is 410 g/mol. The van der Waals surface area contributed by atoms with E-state index >= 15 is 0 Å². The highest BCUT2D eigenvalue weighted by Gasteiger charge is 2.18. The number of carbonyl (C=O) groups is 1. The summed E-state index contributed by atoms with van der Waals surface area (Å²) in [5.41, 5.74) is 15.3. The van der Waals surface area contributed by atoms with Gasteiger partial charge in [0, 0.05) is 24.0 Å². The molecule has 166 valence electrons. The number of aryl methyl sites for hydroxylation is 2. The van der Waals surface area contributed by atoms with E-state index in [-0.39, 0.29) is 0 Å². The lowest BCUT2D eigenvalue weighted by Crippen LogP contribution is -2.36. The minimum atomic E-state index is 0.546. The fourth-order valence-electron chi connectivity index (χ4n) is 4.81. The van der Waals surface area contributed by atoms with Gasteiger partial charge in [0.25, 0.3) is 0 Å². The van der Waals surface area contributed by atoms with Crippen LogP contribution in [0.4, 0.5) is 11.5 Å². The highest BCUT2D eigenvalue weighted by molar-refractivity contribution is 5.97. The quantitative estimate of drug-likeness (QED) is 0.432. The van der Waals surface area contributed by atoms with E-state index in [1.807, 2.05) is 18.2 Å². The first-order valence-electron chi connectivity index (χ1n) is 11.2. The number of nitrogens with two attached hydrogens (primary N) is 1. The molecule has 0 spiro atoms. The molecule has 0 aliphatic carbocycles. The van der Waals surface area contributed by atoms with Crippen LogP contribution in [0, 0.1) is 13.8 Å². The van der Waals surface area contributed by atoms with Crippen LogP contribution in [0.5, 0.6) is 0 Å². The summed E-state index contributed by atoms with van der Waals surface area (Å²) in [4.78, 5) is 18.8. The van der Waals surface area contributed by atoms with Gasteiger partial charge in [0.1, 0.15) is 5.82 Å². The number of nitrogen functional groups attached to an aromatic ring is 1. The molecule has 2 heterocycles. The van der Waals surface area contributed by atoms with Gasteiger partial charge in [0.2, 0.25) is 0 Å². The standard InChI is InChI=1S/C28H27N3O2/c1-18-6-4-8-23(27-19(2)5-3-7-21(27)17-32)26(18)20-9-10-24-22(15-20)16-25(28(29)30-24)31-11-13-33-14-12-31/h3-10,15-17H,11-14H2,1-2H3,(H2,29,30). The van der Waals surface area contributed by atoms with E-state index in [1.54, 1.807) is 0 Å². The van der Waals surface area contributed by atoms with Crippen LogP contribution in [0.15, 0.2) is 60.7 Å². The molecule has 3 aromatic carbocycles. The van der Waals surface area contributed by atoms with Gasteiger partial charge in [-0.15, -0.1) is 0 Å². The first-order chi connectivity index (χ1) is 16.1. The molecule has 0 unspecified atom stereocenters. The summed E-state index contributed by atoms with van der Waals surface area (Å²) in [7, 11) is 0. The number of carbonyl (C=O) groups excluding carboxylic acids is 1. The summed E-state index contributed by atoms with van der Waals surface area (Å²) >= 11 is 0. The van der Waals surface area contributed by atoms with E-state index in [0.29, 0.717) is 24.6 Å². The summed E-state index contributed by atoms with van der Waals surface area (Å²) in [5, 5.41) is 1.04. The summed E-state index contributed by atoms with van der Waals surface area (Å²) < 4.78 is 5.49. The maximum absolute atomic E-state index is 11.8. The van der Waals surface area contributed by atoms with Crippen molar-refractivity contribution < 1.29 is 9.53 Å². The van der Waals surface area contributed by atoms with Crippen molar-refractivity contribution in [3.8, 4) is 22.3 Å². The molecular formula is C28H27N3O2. The number of hydrogen-bond donors (Lipinski definition) is 1. The Balaban J connectivity index is 1.69. The van der Waals surface area contributed by atoms with Crippen LogP contribution in [0.3, 0.4) is 0 Å². The average Bonchev–Trinajstić information content (AvgIpc) is 2.83. The summed E-state index contributed by atoms with van der Waals surface area (Å²) in [5.74, 6) is 0.546. The Labute approximate surface area is 193 Å². The van der Waals surface area contributed by atoms with Crippen molar-refractivity contribution in [2.45, 2.75) is 13.8 Å². The number of aromatic nitrogens is 1. The lowest BCUT2D eigenvalue weighted by molar-refractivity contribution is 0.112. The minimum absolute atomic E-state index is 0.546. The van der Waals surface area contributed by atoms with Gasteiger partial charge in [0.05, 0.1) is 24.4 Å². The van der Waals surface area contributed by atoms with Crippen molar-refractivity contribution in [2.75, 3.05) is 36.9 Å². The number of rotatable bonds is 4. The Morgan fingerprint density at radius 1 is 0.939 bits per heavy atom. The van der Waals surface area contributed by atoms with E-state index in [4.69, 9.17) is 10.5 Å². The molecule has 1 fully saturated rings. The van der Waals surface area contributed by atoms with Crippen molar-refractivity contribution in [1.29, 1.82) is 0 Å². The molecule has 2 N–H and O–H groups in total. The molecule has 0 saturated carbocycles. The number of anilines is 2. The molecule has 0 atom stereocenters. The zero-order valence-electron chi connectivity index (χ0n) is 19.0. The van der Waals surface area contributed by atoms with Crippen LogP contribution in [-0.4, -0.2) is 37.6 Å². The van der Waals surface area contributed by atoms with Gasteiger partial charge in [0.15, 0.2) is 6.29 Å². The van der Waals surface area contributed by atoms with Gasteiger partial charge in [-0.3, -0.25) is 4.79 Å². The predicted octanol–water partition coefficient (Wildman–Crippen LogP) is 5.42. The number of aldehydes is 1. The monoisotopic (exact) mass is 437 g/mol. The first kappa shape index (κ1) is 21.2. The number of hydrogen-bond acceptors (Lipinski definition) is 5. The predicted molar refractivity (Wildman–Crippen MR) is 135 cm³/mol. The minimum Gasteiger partial charge on any atom is -0.382 e. The zero-order chi connectivity index (χ0) is 22.9. The number of pyridine rings is 1. The van der Waals surface area contributed by atoms with E-state index in [9.17, 15) is 4.79 Å². The van der Waals surface area contributed by atoms with E-state index in [2.05, 4.69) is 66.2 Å². The second-order valence-corrected chi connectivity index (χ2v) is 8.55. The molecule has 5 heteroatoms. The van der Waals surface area contributed by atoms with E-state index in [0.717, 1.165) is 69.3 Å². The van der Waals surface area contributed by atoms with Crippen LogP contribution in [0.25, 0.3) is 33.2 Å². The van der Waals surface area contributed by atoms with Crippen molar-refractivity contribution in [1.82, 2.24) is 4.98 Å². The Morgan fingerprint density at radius 3 is 2.42 bits per heavy atom. The number of fused-ring (bicyclic) bond motifs is 1. The third-order valence-electron chi connectivity index (χ3n) is 6.44. The Bertz CT molecular complexity index is 1360. The molecule has 4 aromatic rings. The first-order valence-corrected chi connectivity index (χ1v) is 11.2. The maximum Gasteiger partial charge on any atom is 0.150 e. The van der Waals surface area contributed by atoms with Crippen molar-refractivity contribution in [3.63, 3.8) is 0 Å². The Morgan fingerprint density at radius 2 is 1.67 bits per heavy atom. The van der Waals surface area contributed by atoms with Crippen LogP contribution in [-0.2, 0) is 4.74 Å². The highest BCUT2D eigenvalue weighted by Crippen LogP contribution is 2.39. The lowest BCUT2D eigenvalue weighted by atomic mass is 9.87. The molecule has 33 heavy (non-hydrogen) atoms. The van der Waals surface area contributed by atoms with Gasteiger partial charge < -0.3 is 15.4 Å². The van der Waals surface area contributed by atoms with Crippen LogP contribution < -0.4 is 10.6 Å². The fraction of sp³-hybridized carbons (Fsp3) is 0.214. The smallest absolute Gasteiger partial charge is 0.150 e. The normalized spacial score (nSPS) is 13.9. The second kappa shape index (κ2) is 8.68. The van der Waals surface area contributed by atoms with Gasteiger partial charge in [-0.25, -0.2) is 4.98 Å². The van der Waals surface area contributed by atoms with Crippen LogP contribution in [0.2, 0.25) is 0 Å². The second-order valence-electron chi connectivity index (χ2n) is 8.55. The van der Waals surface area contributed by atoms with Gasteiger partial charge in [-0.2, -0.15) is 0 Å². The maximum atomic E-state index is 11.8. The lowest BCUT2D eigenvalue weighted by Gasteiger charge is -2.29. The zero-order valence-corrected chi connectivity index (χ0v) is 19.0. The summed E-state index contributed by atoms with van der Waals surface area (Å²) in [6, 6.07) is 20.5. The molecule has 0 bridgehead atoms. The van der Waals surface area contributed by atoms with Crippen molar-refractivity contribution in [2.24, 2.45) is 0 Å². The average molecular weight is 438 g/mol. The van der Waals surface area contributed by atoms with Crippen LogP contribution >= 0.6 is 0 Å². The van der Waals surface area contributed by atoms with E-state index in [1.165, 1.54) is 0 Å². The Kier molecular flexibility index (Phi) is 5.56. The molecule has 1 aliphatic rings. The third kappa shape index (κ3) is 3.85. The fourth-order valence-corrected chi connectivity index (χ4v) is 4.81. The topological polar surface area (TPSA) is 68.5 Å². The number of nitrogens with zero attached hydrogens (tertiary/aromatic N) is 2. The molecule has 5 rings (SSSR count). The molecule has 1 aromatic heterocycles. The Hall–Kier alpha value is -3.70. The number of ether oxygens (including phenoxy) is 1. The highest BCUT2D eigenvalue weighted by atomic mass is 16.5. The van der Waals surface area contributed by atoms with E-state index < -0.39 is 0 Å². The summed E-state index contributed by atoms with van der Waals surface area (Å²) in [6.07, 6.45) is 0.941. The van der Waals surface area contributed by atoms with Gasteiger partial charge in [-0.05, 0) is 65.4 Å². The van der Waals surface area contributed by atoms with Gasteiger partial charge >= 0.3 is 0 Å². The number of benzene rings is 3. The molecule has 5 nitrogen and oxygen atoms in total. The largest absolute Gasteiger partial charge is 0.382 e. The summed E-state index contributed by atoms with van der Waals surface area (Å²) in [6.45, 7) is 7.17. The molecule has 0 amide bonds. The van der Waals surface area contributed by atoms with Crippen molar-refractivity contribution >= 4 is 28.7 Å². The third-order valence-corrected chi connectivity index (χ3v) is 6.44. The number of morpholine rings is 1. The SMILES string of the molecule is Cc1cccc(C=O)c1-c1cccc(C)c1-c1ccc2nc(N)c(N3CCOCC3)cc2c1. The van der Waals surface area contributed by atoms with Gasteiger partial charge in [-0.1, -0.05) is 42.5 Å². The molecule has 0 radical (unpaired) electrons. The molecule has 1 aliphatic heterocycles.